The zero-order valence-electron chi connectivity index (χ0n) is 7.94. The largest absolute Gasteiger partial charge is 0.192 e. The van der Waals surface area contributed by atoms with E-state index in [1.807, 2.05) is 36.4 Å². The van der Waals surface area contributed by atoms with Crippen LogP contribution < -0.4 is 0 Å². The van der Waals surface area contributed by atoms with Crippen LogP contribution in [-0.2, 0) is 0 Å². The molecule has 15 heavy (non-hydrogen) atoms. The molecule has 0 aliphatic rings. The van der Waals surface area contributed by atoms with Crippen LogP contribution >= 0.6 is 11.6 Å². The minimum absolute atomic E-state index is 0.644. The molecule has 0 amide bonds. The maximum atomic E-state index is 8.98. The molecule has 0 unspecified atom stereocenters. The lowest BCUT2D eigenvalue weighted by Gasteiger charge is -2.04. The molecule has 0 fully saturated rings. The highest BCUT2D eigenvalue weighted by atomic mass is 35.5. The Kier molecular flexibility index (Phi) is 2.71. The second-order valence-electron chi connectivity index (χ2n) is 3.17. The van der Waals surface area contributed by atoms with E-state index < -0.39 is 0 Å². The molecule has 0 N–H and O–H groups in total. The quantitative estimate of drug-likeness (QED) is 0.705. The van der Waals surface area contributed by atoms with Gasteiger partial charge in [0.25, 0.3) is 0 Å². The van der Waals surface area contributed by atoms with Crippen LogP contribution in [0, 0.1) is 11.3 Å². The maximum Gasteiger partial charge on any atom is 0.0998 e. The first-order valence-corrected chi connectivity index (χ1v) is 4.94. The Hall–Kier alpha value is -1.78. The standard InChI is InChI=1S/C13H8ClN/c14-12-7-6-11(9-15)13(8-12)10-4-2-1-3-5-10/h1-8H. The number of hydrogen-bond acceptors (Lipinski definition) is 1. The molecule has 0 aromatic heterocycles. The number of nitrogens with zero attached hydrogens (tertiary/aromatic N) is 1. The van der Waals surface area contributed by atoms with Crippen molar-refractivity contribution in [2.45, 2.75) is 0 Å². The molecule has 0 heterocycles. The summed E-state index contributed by atoms with van der Waals surface area (Å²) in [6.45, 7) is 0. The first kappa shape index (κ1) is 9.76. The molecule has 1 nitrogen and oxygen atoms in total. The summed E-state index contributed by atoms with van der Waals surface area (Å²) in [5.41, 5.74) is 2.53. The first-order chi connectivity index (χ1) is 7.31. The molecule has 0 saturated carbocycles. The van der Waals surface area contributed by atoms with Crippen LogP contribution in [0.5, 0.6) is 0 Å². The highest BCUT2D eigenvalue weighted by molar-refractivity contribution is 6.30. The van der Waals surface area contributed by atoms with Gasteiger partial charge in [-0.05, 0) is 23.8 Å². The van der Waals surface area contributed by atoms with Crippen molar-refractivity contribution in [2.75, 3.05) is 0 Å². The smallest absolute Gasteiger partial charge is 0.0998 e. The monoisotopic (exact) mass is 213 g/mol. The van der Waals surface area contributed by atoms with Gasteiger partial charge in [0.05, 0.1) is 11.6 Å². The van der Waals surface area contributed by atoms with Gasteiger partial charge in [-0.1, -0.05) is 41.9 Å². The molecule has 0 aliphatic heterocycles. The average Bonchev–Trinajstić information content (AvgIpc) is 2.30. The lowest BCUT2D eigenvalue weighted by molar-refractivity contribution is 1.48. The van der Waals surface area contributed by atoms with E-state index in [-0.39, 0.29) is 0 Å². The lowest BCUT2D eigenvalue weighted by Crippen LogP contribution is -1.83. The second kappa shape index (κ2) is 4.16. The van der Waals surface area contributed by atoms with Crippen LogP contribution in [0.25, 0.3) is 11.1 Å². The van der Waals surface area contributed by atoms with Crippen molar-refractivity contribution in [2.24, 2.45) is 0 Å². The molecule has 0 aliphatic carbocycles. The lowest BCUT2D eigenvalue weighted by atomic mass is 10.0. The predicted molar refractivity (Wildman–Crippen MR) is 61.6 cm³/mol. The third-order valence-electron chi connectivity index (χ3n) is 2.19. The topological polar surface area (TPSA) is 23.8 Å². The first-order valence-electron chi connectivity index (χ1n) is 4.56. The minimum Gasteiger partial charge on any atom is -0.192 e. The fourth-order valence-corrected chi connectivity index (χ4v) is 1.64. The van der Waals surface area contributed by atoms with Crippen LogP contribution in [0.15, 0.2) is 48.5 Å². The van der Waals surface area contributed by atoms with E-state index in [1.165, 1.54) is 0 Å². The van der Waals surface area contributed by atoms with E-state index in [0.717, 1.165) is 11.1 Å². The Morgan fingerprint density at radius 1 is 1.00 bits per heavy atom. The molecule has 2 heteroatoms. The molecule has 0 atom stereocenters. The van der Waals surface area contributed by atoms with Gasteiger partial charge < -0.3 is 0 Å². The van der Waals surface area contributed by atoms with Crippen molar-refractivity contribution in [3.63, 3.8) is 0 Å². The molecule has 0 radical (unpaired) electrons. The number of hydrogen-bond donors (Lipinski definition) is 0. The molecule has 2 rings (SSSR count). The Morgan fingerprint density at radius 3 is 2.40 bits per heavy atom. The molecule has 0 bridgehead atoms. The normalized spacial score (nSPS) is 9.60. The fraction of sp³-hybridized carbons (Fsp3) is 0. The third-order valence-corrected chi connectivity index (χ3v) is 2.42. The summed E-state index contributed by atoms with van der Waals surface area (Å²) in [4.78, 5) is 0. The molecular formula is C13H8ClN. The minimum atomic E-state index is 0.644. The Bertz CT molecular complexity index is 512. The van der Waals surface area contributed by atoms with Gasteiger partial charge in [0.15, 0.2) is 0 Å². The molecule has 0 saturated heterocycles. The summed E-state index contributed by atoms with van der Waals surface area (Å²) in [6.07, 6.45) is 0. The van der Waals surface area contributed by atoms with E-state index in [1.54, 1.807) is 12.1 Å². The summed E-state index contributed by atoms with van der Waals surface area (Å²) < 4.78 is 0. The van der Waals surface area contributed by atoms with E-state index >= 15 is 0 Å². The number of rotatable bonds is 1. The summed E-state index contributed by atoms with van der Waals surface area (Å²) in [7, 11) is 0. The summed E-state index contributed by atoms with van der Waals surface area (Å²) in [6, 6.07) is 17.2. The zero-order valence-corrected chi connectivity index (χ0v) is 8.70. The fourth-order valence-electron chi connectivity index (χ4n) is 1.47. The van der Waals surface area contributed by atoms with Crippen LogP contribution in [0.4, 0.5) is 0 Å². The van der Waals surface area contributed by atoms with Crippen molar-refractivity contribution in [3.05, 3.63) is 59.1 Å². The van der Waals surface area contributed by atoms with Gasteiger partial charge in [0.1, 0.15) is 0 Å². The van der Waals surface area contributed by atoms with Gasteiger partial charge in [-0.15, -0.1) is 0 Å². The number of nitriles is 1. The van der Waals surface area contributed by atoms with Gasteiger partial charge in [-0.25, -0.2) is 0 Å². The summed E-state index contributed by atoms with van der Waals surface area (Å²) in [5, 5.41) is 9.62. The van der Waals surface area contributed by atoms with Crippen molar-refractivity contribution >= 4 is 11.6 Å². The van der Waals surface area contributed by atoms with Crippen molar-refractivity contribution in [1.82, 2.24) is 0 Å². The summed E-state index contributed by atoms with van der Waals surface area (Å²) in [5.74, 6) is 0. The van der Waals surface area contributed by atoms with E-state index in [4.69, 9.17) is 16.9 Å². The van der Waals surface area contributed by atoms with Gasteiger partial charge in [-0.3, -0.25) is 0 Å². The Labute approximate surface area is 93.5 Å². The van der Waals surface area contributed by atoms with E-state index in [9.17, 15) is 0 Å². The van der Waals surface area contributed by atoms with Crippen LogP contribution in [-0.4, -0.2) is 0 Å². The number of benzene rings is 2. The molecule has 0 spiro atoms. The van der Waals surface area contributed by atoms with Crippen LogP contribution in [0.2, 0.25) is 5.02 Å². The van der Waals surface area contributed by atoms with Crippen LogP contribution in [0.1, 0.15) is 5.56 Å². The van der Waals surface area contributed by atoms with Crippen molar-refractivity contribution in [1.29, 1.82) is 5.26 Å². The SMILES string of the molecule is N#Cc1ccc(Cl)cc1-c1ccccc1. The predicted octanol–water partition coefficient (Wildman–Crippen LogP) is 3.88. The van der Waals surface area contributed by atoms with E-state index in [0.29, 0.717) is 10.6 Å². The molecule has 72 valence electrons. The van der Waals surface area contributed by atoms with Gasteiger partial charge in [0.2, 0.25) is 0 Å². The Balaban J connectivity index is 2.62. The molecule has 2 aromatic rings. The summed E-state index contributed by atoms with van der Waals surface area (Å²) >= 11 is 5.91. The number of halogens is 1. The Morgan fingerprint density at radius 2 is 1.73 bits per heavy atom. The van der Waals surface area contributed by atoms with Crippen molar-refractivity contribution < 1.29 is 0 Å². The van der Waals surface area contributed by atoms with Crippen LogP contribution in [0.3, 0.4) is 0 Å². The second-order valence-corrected chi connectivity index (χ2v) is 3.60. The highest BCUT2D eigenvalue weighted by Gasteiger charge is 2.04. The molecular weight excluding hydrogens is 206 g/mol. The van der Waals surface area contributed by atoms with E-state index in [2.05, 4.69) is 6.07 Å². The third kappa shape index (κ3) is 2.01. The zero-order chi connectivity index (χ0) is 10.7. The van der Waals surface area contributed by atoms with Gasteiger partial charge in [0, 0.05) is 10.6 Å². The molecule has 2 aromatic carbocycles. The van der Waals surface area contributed by atoms with Gasteiger partial charge >= 0.3 is 0 Å². The van der Waals surface area contributed by atoms with Crippen molar-refractivity contribution in [3.8, 4) is 17.2 Å². The average molecular weight is 214 g/mol. The maximum absolute atomic E-state index is 8.98. The van der Waals surface area contributed by atoms with Gasteiger partial charge in [-0.2, -0.15) is 5.26 Å². The highest BCUT2D eigenvalue weighted by Crippen LogP contribution is 2.26.